The van der Waals surface area contributed by atoms with Crippen molar-refractivity contribution in [2.75, 3.05) is 11.9 Å². The van der Waals surface area contributed by atoms with Crippen LogP contribution in [-0.2, 0) is 31.7 Å². The third-order valence-corrected chi connectivity index (χ3v) is 8.16. The van der Waals surface area contributed by atoms with Crippen LogP contribution in [0.5, 0.6) is 5.75 Å². The topological polar surface area (TPSA) is 111 Å². The van der Waals surface area contributed by atoms with E-state index in [2.05, 4.69) is 10.6 Å². The Bertz CT molecular complexity index is 1670. The fourth-order valence-corrected chi connectivity index (χ4v) is 5.38. The minimum absolute atomic E-state index is 0.0212. The van der Waals surface area contributed by atoms with E-state index in [1.165, 1.54) is 11.6 Å². The van der Waals surface area contributed by atoms with Gasteiger partial charge in [-0.05, 0) is 56.4 Å². The molecule has 9 nitrogen and oxygen atoms in total. The number of benzene rings is 2. The Hall–Kier alpha value is -4.28. The average Bonchev–Trinajstić information content (AvgIpc) is 2.98. The van der Waals surface area contributed by atoms with Crippen molar-refractivity contribution >= 4 is 17.4 Å². The molecular weight excluding hydrogens is 558 g/mol. The number of ether oxygens (including phenoxy) is 1. The maximum atomic E-state index is 15.0. The van der Waals surface area contributed by atoms with Gasteiger partial charge in [-0.15, -0.1) is 0 Å². The zero-order valence-corrected chi connectivity index (χ0v) is 25.4. The number of rotatable bonds is 10. The second-order valence-electron chi connectivity index (χ2n) is 11.0. The summed E-state index contributed by atoms with van der Waals surface area (Å²) in [6.07, 6.45) is 2.19. The highest BCUT2D eigenvalue weighted by Crippen LogP contribution is 2.38. The number of Topliss-reactive ketones (excluding diaryl/α,β-unsaturated/α-hetero) is 1. The second-order valence-corrected chi connectivity index (χ2v) is 11.0. The smallest absolute Gasteiger partial charge is 0.330 e. The summed E-state index contributed by atoms with van der Waals surface area (Å²) in [6.45, 7) is 7.57. The fourth-order valence-electron chi connectivity index (χ4n) is 5.38. The molecule has 2 atom stereocenters. The Kier molecular flexibility index (Phi) is 9.52. The van der Waals surface area contributed by atoms with Crippen molar-refractivity contribution < 1.29 is 23.1 Å². The molecule has 11 heteroatoms. The van der Waals surface area contributed by atoms with Gasteiger partial charge in [0.05, 0.1) is 18.2 Å². The minimum atomic E-state index is -1.06. The first kappa shape index (κ1) is 31.7. The van der Waals surface area contributed by atoms with E-state index < -0.39 is 40.4 Å². The van der Waals surface area contributed by atoms with Crippen molar-refractivity contribution in [2.45, 2.75) is 71.9 Å². The molecule has 0 saturated carbocycles. The number of nitrogens with zero attached hydrogens (tertiary/aromatic N) is 2. The monoisotopic (exact) mass is 596 g/mol. The largest absolute Gasteiger partial charge is 0.493 e. The maximum absolute atomic E-state index is 15.0. The Morgan fingerprint density at radius 3 is 2.37 bits per heavy atom. The number of hydrogen-bond acceptors (Lipinski definition) is 6. The Morgan fingerprint density at radius 2 is 1.74 bits per heavy atom. The van der Waals surface area contributed by atoms with Gasteiger partial charge < -0.3 is 19.9 Å². The van der Waals surface area contributed by atoms with Crippen LogP contribution >= 0.6 is 0 Å². The maximum Gasteiger partial charge on any atom is 0.330 e. The van der Waals surface area contributed by atoms with Gasteiger partial charge in [0.2, 0.25) is 0 Å². The molecule has 0 fully saturated rings. The molecule has 2 N–H and O–H groups in total. The van der Waals surface area contributed by atoms with Crippen molar-refractivity contribution in [3.63, 3.8) is 0 Å². The first-order valence-corrected chi connectivity index (χ1v) is 14.5. The lowest BCUT2D eigenvalue weighted by Crippen LogP contribution is -2.43. The molecular formula is C32H38F2N4O5. The van der Waals surface area contributed by atoms with Gasteiger partial charge >= 0.3 is 5.69 Å². The predicted octanol–water partition coefficient (Wildman–Crippen LogP) is 4.19. The third-order valence-electron chi connectivity index (χ3n) is 8.16. The molecule has 0 bridgehead atoms. The quantitative estimate of drug-likeness (QED) is 0.363. The highest BCUT2D eigenvalue weighted by molar-refractivity contribution is 5.98. The summed E-state index contributed by atoms with van der Waals surface area (Å²) >= 11 is 0. The third kappa shape index (κ3) is 6.25. The number of carbonyl (C=O) groups is 2. The van der Waals surface area contributed by atoms with Gasteiger partial charge in [0.1, 0.15) is 22.9 Å². The van der Waals surface area contributed by atoms with Gasteiger partial charge in [-0.3, -0.25) is 19.0 Å². The highest BCUT2D eigenvalue weighted by Gasteiger charge is 2.29. The van der Waals surface area contributed by atoms with Crippen molar-refractivity contribution in [1.29, 1.82) is 0 Å². The van der Waals surface area contributed by atoms with Gasteiger partial charge in [0, 0.05) is 49.9 Å². The van der Waals surface area contributed by atoms with Crippen LogP contribution in [0, 0.1) is 18.6 Å². The zero-order valence-electron chi connectivity index (χ0n) is 25.4. The van der Waals surface area contributed by atoms with Gasteiger partial charge in [-0.1, -0.05) is 26.0 Å². The van der Waals surface area contributed by atoms with Crippen LogP contribution in [0.3, 0.4) is 0 Å². The van der Waals surface area contributed by atoms with E-state index in [0.717, 1.165) is 28.7 Å². The van der Waals surface area contributed by atoms with Crippen LogP contribution in [0.2, 0.25) is 0 Å². The summed E-state index contributed by atoms with van der Waals surface area (Å²) in [5.74, 6) is -2.91. The van der Waals surface area contributed by atoms with Crippen LogP contribution in [0.25, 0.3) is 11.1 Å². The van der Waals surface area contributed by atoms with Crippen LogP contribution in [0.1, 0.15) is 67.2 Å². The van der Waals surface area contributed by atoms with Crippen molar-refractivity contribution in [3.05, 3.63) is 79.1 Å². The molecule has 2 heterocycles. The predicted molar refractivity (Wildman–Crippen MR) is 161 cm³/mol. The van der Waals surface area contributed by atoms with Gasteiger partial charge in [0.25, 0.3) is 11.5 Å². The number of nitrogens with one attached hydrogen (secondary N) is 2. The van der Waals surface area contributed by atoms with E-state index in [1.807, 2.05) is 13.8 Å². The number of fused-ring (bicyclic) bond motifs is 1. The number of carbonyl (C=O) groups excluding carboxylic acids is 2. The van der Waals surface area contributed by atoms with E-state index in [9.17, 15) is 28.0 Å². The summed E-state index contributed by atoms with van der Waals surface area (Å²) in [5.41, 5.74) is 1.40. The fraction of sp³-hybridized carbons (Fsp3) is 0.438. The highest BCUT2D eigenvalue weighted by atomic mass is 19.1. The molecule has 1 amide bonds. The average molecular weight is 597 g/mol. The molecule has 3 aromatic rings. The molecule has 0 saturated heterocycles. The number of anilines is 1. The molecule has 0 aliphatic carbocycles. The summed E-state index contributed by atoms with van der Waals surface area (Å²) in [5, 5.41) is 5.54. The molecule has 43 heavy (non-hydrogen) atoms. The van der Waals surface area contributed by atoms with Crippen molar-refractivity contribution in [1.82, 2.24) is 14.5 Å². The molecule has 1 aliphatic heterocycles. The van der Waals surface area contributed by atoms with Gasteiger partial charge in [-0.2, -0.15) is 0 Å². The molecule has 1 aliphatic rings. The van der Waals surface area contributed by atoms with E-state index in [1.54, 1.807) is 33.0 Å². The standard InChI is InChI=1S/C32H38F2N4O5/c1-7-17(3)35-20-15-23(33)28(24(34)16-20)30(40)36-25(26(39)8-2)14-19-11-12-22(29-21(19)10-9-13-43-29)27-18(4)37(5)32(42)38(6)31(27)41/h11-12,15-17,25,35H,7-10,13-14H2,1-6H3,(H,36,40)/t17-,25-/m0/s1. The number of ketones is 1. The number of halogens is 2. The van der Waals surface area contributed by atoms with Crippen molar-refractivity contribution in [3.8, 4) is 16.9 Å². The molecule has 0 unspecified atom stereocenters. The van der Waals surface area contributed by atoms with E-state index >= 15 is 0 Å². The van der Waals surface area contributed by atoms with E-state index in [4.69, 9.17) is 4.74 Å². The van der Waals surface area contributed by atoms with Crippen LogP contribution in [-0.4, -0.2) is 39.5 Å². The summed E-state index contributed by atoms with van der Waals surface area (Å²) in [4.78, 5) is 51.7. The van der Waals surface area contributed by atoms with Gasteiger partial charge in [0.15, 0.2) is 5.78 Å². The Balaban J connectivity index is 1.70. The normalized spacial score (nSPS) is 14.0. The van der Waals surface area contributed by atoms with Crippen LogP contribution < -0.4 is 26.6 Å². The SMILES string of the molecule is CCC(=O)[C@H](Cc1ccc(-c2c(C)n(C)c(=O)n(C)c2=O)c2c1CCCO2)NC(=O)c1c(F)cc(N[C@@H](C)CC)cc1F. The first-order chi connectivity index (χ1) is 20.4. The lowest BCUT2D eigenvalue weighted by atomic mass is 9.89. The molecule has 2 aromatic carbocycles. The first-order valence-electron chi connectivity index (χ1n) is 14.5. The molecule has 0 radical (unpaired) electrons. The molecule has 4 rings (SSSR count). The Morgan fingerprint density at radius 1 is 1.07 bits per heavy atom. The summed E-state index contributed by atoms with van der Waals surface area (Å²) in [7, 11) is 3.01. The van der Waals surface area contributed by atoms with Crippen molar-refractivity contribution in [2.24, 2.45) is 14.1 Å². The number of aromatic nitrogens is 2. The lowest BCUT2D eigenvalue weighted by molar-refractivity contribution is -0.120. The molecule has 230 valence electrons. The summed E-state index contributed by atoms with van der Waals surface area (Å²) < 4.78 is 38.4. The van der Waals surface area contributed by atoms with E-state index in [0.29, 0.717) is 47.6 Å². The summed E-state index contributed by atoms with van der Waals surface area (Å²) in [6, 6.07) is 4.54. The Labute approximate surface area is 248 Å². The lowest BCUT2D eigenvalue weighted by Gasteiger charge is -2.26. The van der Waals surface area contributed by atoms with E-state index in [-0.39, 0.29) is 30.4 Å². The molecule has 1 aromatic heterocycles. The zero-order chi connectivity index (χ0) is 31.6. The molecule has 0 spiro atoms. The second kappa shape index (κ2) is 12.9. The van der Waals surface area contributed by atoms with Crippen LogP contribution in [0.15, 0.2) is 33.9 Å². The number of amides is 1. The number of hydrogen-bond donors (Lipinski definition) is 2. The van der Waals surface area contributed by atoms with Gasteiger partial charge in [-0.25, -0.2) is 13.6 Å². The minimum Gasteiger partial charge on any atom is -0.493 e. The van der Waals surface area contributed by atoms with Crippen LogP contribution in [0.4, 0.5) is 14.5 Å².